The van der Waals surface area contributed by atoms with Crippen molar-refractivity contribution in [1.29, 1.82) is 0 Å². The molecule has 0 saturated carbocycles. The predicted molar refractivity (Wildman–Crippen MR) is 86.3 cm³/mol. The molecule has 2 rings (SSSR count). The van der Waals surface area contributed by atoms with E-state index in [1.807, 2.05) is 6.92 Å². The fourth-order valence-electron chi connectivity index (χ4n) is 2.02. The van der Waals surface area contributed by atoms with Crippen LogP contribution >= 0.6 is 27.5 Å². The van der Waals surface area contributed by atoms with Gasteiger partial charge < -0.3 is 5.32 Å². The minimum absolute atomic E-state index is 0.221. The van der Waals surface area contributed by atoms with Crippen molar-refractivity contribution < 1.29 is 9.18 Å². The second kappa shape index (κ2) is 7.05. The molecule has 2 aromatic carbocycles. The minimum Gasteiger partial charge on any atom is -0.352 e. The van der Waals surface area contributed by atoms with Gasteiger partial charge in [0.25, 0.3) is 5.91 Å². The Kier molecular flexibility index (Phi) is 5.37. The maximum Gasteiger partial charge on any atom is 0.252 e. The molecule has 2 aromatic rings. The number of carbonyl (C=O) groups excluding carboxylic acids is 1. The van der Waals surface area contributed by atoms with Crippen LogP contribution in [0.2, 0.25) is 5.02 Å². The van der Waals surface area contributed by atoms with Gasteiger partial charge in [-0.1, -0.05) is 23.7 Å². The second-order valence-electron chi connectivity index (χ2n) is 4.68. The molecule has 0 fully saturated rings. The highest BCUT2D eigenvalue weighted by Crippen LogP contribution is 2.25. The van der Waals surface area contributed by atoms with Crippen molar-refractivity contribution in [2.24, 2.45) is 0 Å². The summed E-state index contributed by atoms with van der Waals surface area (Å²) in [5.74, 6) is -0.470. The van der Waals surface area contributed by atoms with Crippen molar-refractivity contribution in [3.8, 4) is 0 Å². The summed E-state index contributed by atoms with van der Waals surface area (Å²) in [5, 5.41) is 3.22. The summed E-state index contributed by atoms with van der Waals surface area (Å²) in [4.78, 5) is 12.1. The number of hydrogen-bond acceptors (Lipinski definition) is 1. The standard InChI is InChI=1S/C16H14BrClFNO/c1-10-9-12(19)6-5-11(10)7-8-20-16(21)13-3-2-4-14(17)15(13)18/h2-6,9H,7-8H2,1H3,(H,20,21). The van der Waals surface area contributed by atoms with Crippen LogP contribution in [0, 0.1) is 12.7 Å². The van der Waals surface area contributed by atoms with Crippen molar-refractivity contribution >= 4 is 33.4 Å². The third-order valence-corrected chi connectivity index (χ3v) is 4.48. The second-order valence-corrected chi connectivity index (χ2v) is 5.91. The lowest BCUT2D eigenvalue weighted by molar-refractivity contribution is 0.0954. The molecule has 0 unspecified atom stereocenters. The van der Waals surface area contributed by atoms with E-state index in [0.29, 0.717) is 28.0 Å². The van der Waals surface area contributed by atoms with Gasteiger partial charge in [-0.3, -0.25) is 4.79 Å². The van der Waals surface area contributed by atoms with E-state index in [1.165, 1.54) is 12.1 Å². The van der Waals surface area contributed by atoms with Crippen LogP contribution in [0.4, 0.5) is 4.39 Å². The van der Waals surface area contributed by atoms with Gasteiger partial charge in [0.1, 0.15) is 5.82 Å². The largest absolute Gasteiger partial charge is 0.352 e. The molecule has 0 bridgehead atoms. The predicted octanol–water partition coefficient (Wildman–Crippen LogP) is 4.52. The summed E-state index contributed by atoms with van der Waals surface area (Å²) in [5.41, 5.74) is 2.32. The van der Waals surface area contributed by atoms with Crippen LogP contribution < -0.4 is 5.32 Å². The third-order valence-electron chi connectivity index (χ3n) is 3.18. The molecule has 0 aromatic heterocycles. The zero-order valence-corrected chi connectivity index (χ0v) is 13.8. The summed E-state index contributed by atoms with van der Waals surface area (Å²) in [6.07, 6.45) is 0.642. The number of aryl methyl sites for hydroxylation is 1. The first kappa shape index (κ1) is 16.0. The Labute approximate surface area is 136 Å². The Morgan fingerprint density at radius 3 is 2.81 bits per heavy atom. The van der Waals surface area contributed by atoms with E-state index in [0.717, 1.165) is 11.1 Å². The Hall–Kier alpha value is -1.39. The maximum atomic E-state index is 13.0. The molecule has 1 amide bonds. The molecular formula is C16H14BrClFNO. The van der Waals surface area contributed by atoms with Crippen LogP contribution in [-0.4, -0.2) is 12.5 Å². The van der Waals surface area contributed by atoms with E-state index in [4.69, 9.17) is 11.6 Å². The number of rotatable bonds is 4. The number of nitrogens with one attached hydrogen (secondary N) is 1. The van der Waals surface area contributed by atoms with Gasteiger partial charge in [-0.15, -0.1) is 0 Å². The fourth-order valence-corrected chi connectivity index (χ4v) is 2.60. The number of hydrogen-bond donors (Lipinski definition) is 1. The Bertz CT molecular complexity index is 675. The van der Waals surface area contributed by atoms with Crippen LogP contribution in [0.15, 0.2) is 40.9 Å². The van der Waals surface area contributed by atoms with Crippen molar-refractivity contribution in [2.75, 3.05) is 6.54 Å². The van der Waals surface area contributed by atoms with Crippen molar-refractivity contribution in [3.63, 3.8) is 0 Å². The molecule has 0 spiro atoms. The molecule has 0 aliphatic carbocycles. The highest BCUT2D eigenvalue weighted by atomic mass is 79.9. The number of benzene rings is 2. The monoisotopic (exact) mass is 369 g/mol. The van der Waals surface area contributed by atoms with Gasteiger partial charge in [-0.2, -0.15) is 0 Å². The molecule has 0 aliphatic heterocycles. The molecule has 1 N–H and O–H groups in total. The first-order valence-corrected chi connectivity index (χ1v) is 7.63. The third kappa shape index (κ3) is 4.05. The lowest BCUT2D eigenvalue weighted by Gasteiger charge is -2.09. The van der Waals surface area contributed by atoms with Gasteiger partial charge in [0, 0.05) is 11.0 Å². The quantitative estimate of drug-likeness (QED) is 0.842. The summed E-state index contributed by atoms with van der Waals surface area (Å²) in [6, 6.07) is 9.86. The van der Waals surface area contributed by atoms with E-state index in [1.54, 1.807) is 24.3 Å². The minimum atomic E-state index is -0.249. The van der Waals surface area contributed by atoms with Gasteiger partial charge in [0.05, 0.1) is 10.6 Å². The number of amides is 1. The molecule has 0 aliphatic rings. The molecular weight excluding hydrogens is 357 g/mol. The van der Waals surface area contributed by atoms with Crippen molar-refractivity contribution in [2.45, 2.75) is 13.3 Å². The van der Waals surface area contributed by atoms with Crippen LogP contribution in [0.3, 0.4) is 0 Å². The van der Waals surface area contributed by atoms with Gasteiger partial charge in [-0.05, 0) is 64.7 Å². The van der Waals surface area contributed by atoms with E-state index in [2.05, 4.69) is 21.2 Å². The van der Waals surface area contributed by atoms with E-state index in [9.17, 15) is 9.18 Å². The summed E-state index contributed by atoms with van der Waals surface area (Å²) < 4.78 is 13.7. The van der Waals surface area contributed by atoms with E-state index >= 15 is 0 Å². The molecule has 21 heavy (non-hydrogen) atoms. The Morgan fingerprint density at radius 1 is 1.33 bits per heavy atom. The average Bonchev–Trinajstić information content (AvgIpc) is 2.44. The molecule has 0 radical (unpaired) electrons. The molecule has 5 heteroatoms. The molecule has 0 saturated heterocycles. The molecule has 0 heterocycles. The van der Waals surface area contributed by atoms with E-state index < -0.39 is 0 Å². The summed E-state index contributed by atoms with van der Waals surface area (Å²) in [6.45, 7) is 2.32. The molecule has 0 atom stereocenters. The van der Waals surface area contributed by atoms with Gasteiger partial charge in [0.2, 0.25) is 0 Å². The van der Waals surface area contributed by atoms with Crippen LogP contribution in [0.25, 0.3) is 0 Å². The first-order chi connectivity index (χ1) is 9.99. The smallest absolute Gasteiger partial charge is 0.252 e. The number of halogens is 3. The lowest BCUT2D eigenvalue weighted by atomic mass is 10.1. The van der Waals surface area contributed by atoms with Gasteiger partial charge in [0.15, 0.2) is 0 Å². The first-order valence-electron chi connectivity index (χ1n) is 6.46. The maximum absolute atomic E-state index is 13.0. The zero-order chi connectivity index (χ0) is 15.4. The van der Waals surface area contributed by atoms with Gasteiger partial charge in [-0.25, -0.2) is 4.39 Å². The SMILES string of the molecule is Cc1cc(F)ccc1CCNC(=O)c1cccc(Br)c1Cl. The average molecular weight is 371 g/mol. The van der Waals surface area contributed by atoms with Crippen molar-refractivity contribution in [1.82, 2.24) is 5.32 Å². The highest BCUT2D eigenvalue weighted by molar-refractivity contribution is 9.10. The van der Waals surface area contributed by atoms with E-state index in [-0.39, 0.29) is 11.7 Å². The van der Waals surface area contributed by atoms with Crippen LogP contribution in [0.1, 0.15) is 21.5 Å². The summed E-state index contributed by atoms with van der Waals surface area (Å²) >= 11 is 9.37. The van der Waals surface area contributed by atoms with Crippen LogP contribution in [-0.2, 0) is 6.42 Å². The topological polar surface area (TPSA) is 29.1 Å². The zero-order valence-electron chi connectivity index (χ0n) is 11.4. The normalized spacial score (nSPS) is 10.5. The molecule has 110 valence electrons. The lowest BCUT2D eigenvalue weighted by Crippen LogP contribution is -2.26. The van der Waals surface area contributed by atoms with Crippen molar-refractivity contribution in [3.05, 3.63) is 68.4 Å². The Morgan fingerprint density at radius 2 is 2.10 bits per heavy atom. The Balaban J connectivity index is 1.97. The number of carbonyl (C=O) groups is 1. The molecule has 2 nitrogen and oxygen atoms in total. The van der Waals surface area contributed by atoms with Crippen LogP contribution in [0.5, 0.6) is 0 Å². The summed E-state index contributed by atoms with van der Waals surface area (Å²) in [7, 11) is 0. The van der Waals surface area contributed by atoms with Gasteiger partial charge >= 0.3 is 0 Å². The fraction of sp³-hybridized carbons (Fsp3) is 0.188. The highest BCUT2D eigenvalue weighted by Gasteiger charge is 2.11.